The van der Waals surface area contributed by atoms with E-state index < -0.39 is 6.09 Å². The molecule has 3 amide bonds. The van der Waals surface area contributed by atoms with Crippen LogP contribution in [0, 0.1) is 6.92 Å². The molecule has 0 radical (unpaired) electrons. The molecule has 166 valence electrons. The number of carbonyl (C=O) groups excluding carboxylic acids is 2. The second-order valence-electron chi connectivity index (χ2n) is 8.33. The summed E-state index contributed by atoms with van der Waals surface area (Å²) < 4.78 is 6.54. The standard InChI is InChI=1S/C21H28N6O3S/c1-15-6-5-7-17(23-15)25-10-12-26(13-11-25)20(29)30-18-9-8-16(14-22-18)27(31)19(28)24-21(2,3)4/h5-9,14,31H,10-13H2,1-4H3,(H,24,28). The van der Waals surface area contributed by atoms with Crippen molar-refractivity contribution < 1.29 is 14.3 Å². The Bertz CT molecular complexity index is 923. The van der Waals surface area contributed by atoms with E-state index in [0.717, 1.165) is 15.8 Å². The van der Waals surface area contributed by atoms with Crippen LogP contribution >= 0.6 is 12.8 Å². The van der Waals surface area contributed by atoms with Crippen LogP contribution in [0.3, 0.4) is 0 Å². The van der Waals surface area contributed by atoms with E-state index in [1.165, 1.54) is 12.3 Å². The minimum absolute atomic E-state index is 0.162. The van der Waals surface area contributed by atoms with E-state index >= 15 is 0 Å². The number of hydrogen-bond donors (Lipinski definition) is 2. The molecule has 3 heterocycles. The zero-order valence-electron chi connectivity index (χ0n) is 18.2. The predicted molar refractivity (Wildman–Crippen MR) is 123 cm³/mol. The Morgan fingerprint density at radius 1 is 1.13 bits per heavy atom. The number of aromatic nitrogens is 2. The highest BCUT2D eigenvalue weighted by atomic mass is 32.1. The van der Waals surface area contributed by atoms with Gasteiger partial charge in [0.05, 0.1) is 11.9 Å². The van der Waals surface area contributed by atoms with Gasteiger partial charge in [0, 0.05) is 43.5 Å². The van der Waals surface area contributed by atoms with Gasteiger partial charge in [0.1, 0.15) is 5.82 Å². The van der Waals surface area contributed by atoms with Crippen LogP contribution in [0.4, 0.5) is 21.1 Å². The first-order chi connectivity index (χ1) is 14.6. The van der Waals surface area contributed by atoms with Gasteiger partial charge in [-0.2, -0.15) is 0 Å². The number of hydrogen-bond acceptors (Lipinski definition) is 7. The van der Waals surface area contributed by atoms with Crippen LogP contribution in [0.15, 0.2) is 36.5 Å². The normalized spacial score (nSPS) is 14.2. The van der Waals surface area contributed by atoms with Gasteiger partial charge in [-0.25, -0.2) is 23.9 Å². The molecule has 9 nitrogen and oxygen atoms in total. The molecule has 0 bridgehead atoms. The molecule has 0 aliphatic carbocycles. The van der Waals surface area contributed by atoms with Crippen LogP contribution < -0.4 is 19.3 Å². The molecule has 0 unspecified atom stereocenters. The molecule has 2 aromatic rings. The second-order valence-corrected chi connectivity index (χ2v) is 8.73. The number of amides is 3. The summed E-state index contributed by atoms with van der Waals surface area (Å²) in [6, 6.07) is 8.69. The monoisotopic (exact) mass is 444 g/mol. The molecule has 10 heteroatoms. The summed E-state index contributed by atoms with van der Waals surface area (Å²) in [6.07, 6.45) is 0.976. The number of carbonyl (C=O) groups is 2. The molecule has 1 saturated heterocycles. The number of piperazine rings is 1. The van der Waals surface area contributed by atoms with Crippen LogP contribution in [0.1, 0.15) is 26.5 Å². The molecule has 1 N–H and O–H groups in total. The summed E-state index contributed by atoms with van der Waals surface area (Å²) in [5, 5.41) is 2.81. The summed E-state index contributed by atoms with van der Waals surface area (Å²) >= 11 is 4.21. The first-order valence-electron chi connectivity index (χ1n) is 10.0. The van der Waals surface area contributed by atoms with Crippen LogP contribution in [-0.2, 0) is 0 Å². The SMILES string of the molecule is Cc1cccc(N2CCN(C(=O)Oc3ccc(N(S)C(=O)NC(C)(C)C)cn3)CC2)n1. The van der Waals surface area contributed by atoms with E-state index in [-0.39, 0.29) is 17.5 Å². The molecule has 0 atom stereocenters. The van der Waals surface area contributed by atoms with Crippen molar-refractivity contribution in [2.45, 2.75) is 33.2 Å². The number of rotatable bonds is 3. The van der Waals surface area contributed by atoms with Gasteiger partial charge in [-0.1, -0.05) is 18.9 Å². The largest absolute Gasteiger partial charge is 0.416 e. The van der Waals surface area contributed by atoms with E-state index in [9.17, 15) is 9.59 Å². The Kier molecular flexibility index (Phi) is 6.89. The summed E-state index contributed by atoms with van der Waals surface area (Å²) in [5.41, 5.74) is 1.04. The number of nitrogens with one attached hydrogen (secondary N) is 1. The first-order valence-corrected chi connectivity index (χ1v) is 10.4. The van der Waals surface area contributed by atoms with Crippen LogP contribution in [0.25, 0.3) is 0 Å². The smallest absolute Gasteiger partial charge is 0.391 e. The lowest BCUT2D eigenvalue weighted by Crippen LogP contribution is -2.50. The van der Waals surface area contributed by atoms with E-state index in [1.54, 1.807) is 11.0 Å². The number of anilines is 2. The third-order valence-electron chi connectivity index (χ3n) is 4.57. The Hall–Kier alpha value is -3.01. The molecule has 2 aromatic heterocycles. The third kappa shape index (κ3) is 6.24. The van der Waals surface area contributed by atoms with Gasteiger partial charge in [-0.15, -0.1) is 0 Å². The Balaban J connectivity index is 1.52. The van der Waals surface area contributed by atoms with E-state index in [1.807, 2.05) is 45.9 Å². The zero-order valence-corrected chi connectivity index (χ0v) is 19.1. The maximum Gasteiger partial charge on any atom is 0.416 e. The highest BCUT2D eigenvalue weighted by molar-refractivity contribution is 7.82. The van der Waals surface area contributed by atoms with Gasteiger partial charge in [-0.05, 0) is 45.9 Å². The summed E-state index contributed by atoms with van der Waals surface area (Å²) in [5.74, 6) is 1.08. The topological polar surface area (TPSA) is 90.9 Å². The molecule has 0 saturated carbocycles. The number of thiol groups is 1. The molecule has 0 spiro atoms. The lowest BCUT2D eigenvalue weighted by atomic mass is 10.1. The fourth-order valence-electron chi connectivity index (χ4n) is 3.03. The Morgan fingerprint density at radius 2 is 1.84 bits per heavy atom. The van der Waals surface area contributed by atoms with Gasteiger partial charge >= 0.3 is 12.1 Å². The van der Waals surface area contributed by atoms with Crippen molar-refractivity contribution in [2.75, 3.05) is 35.4 Å². The predicted octanol–water partition coefficient (Wildman–Crippen LogP) is 3.27. The fourth-order valence-corrected chi connectivity index (χ4v) is 3.19. The molecule has 0 aromatic carbocycles. The van der Waals surface area contributed by atoms with Crippen molar-refractivity contribution in [3.05, 3.63) is 42.2 Å². The Labute approximate surface area is 187 Å². The minimum atomic E-state index is -0.453. The van der Waals surface area contributed by atoms with Crippen molar-refractivity contribution >= 4 is 36.4 Å². The molecule has 1 fully saturated rings. The van der Waals surface area contributed by atoms with Crippen molar-refractivity contribution in [3.63, 3.8) is 0 Å². The maximum atomic E-state index is 12.5. The third-order valence-corrected chi connectivity index (χ3v) is 4.98. The van der Waals surface area contributed by atoms with Crippen LogP contribution in [0.2, 0.25) is 0 Å². The lowest BCUT2D eigenvalue weighted by Gasteiger charge is -2.34. The van der Waals surface area contributed by atoms with Gasteiger partial charge < -0.3 is 19.9 Å². The summed E-state index contributed by atoms with van der Waals surface area (Å²) in [6.45, 7) is 10.0. The van der Waals surface area contributed by atoms with Gasteiger partial charge in [-0.3, -0.25) is 0 Å². The molecule has 1 aliphatic heterocycles. The number of aryl methyl sites for hydroxylation is 1. The maximum absolute atomic E-state index is 12.5. The minimum Gasteiger partial charge on any atom is -0.391 e. The first kappa shape index (κ1) is 22.7. The molecular formula is C21H28N6O3S. The van der Waals surface area contributed by atoms with Crippen molar-refractivity contribution in [3.8, 4) is 5.88 Å². The fraction of sp³-hybridized carbons (Fsp3) is 0.429. The number of ether oxygens (including phenoxy) is 1. The average molecular weight is 445 g/mol. The van der Waals surface area contributed by atoms with Gasteiger partial charge in [0.2, 0.25) is 5.88 Å². The quantitative estimate of drug-likeness (QED) is 0.706. The molecule has 1 aliphatic rings. The van der Waals surface area contributed by atoms with E-state index in [2.05, 4.69) is 33.0 Å². The highest BCUT2D eigenvalue weighted by Crippen LogP contribution is 2.20. The zero-order chi connectivity index (χ0) is 22.6. The molecular weight excluding hydrogens is 416 g/mol. The highest BCUT2D eigenvalue weighted by Gasteiger charge is 2.24. The summed E-state index contributed by atoms with van der Waals surface area (Å²) in [4.78, 5) is 37.1. The van der Waals surface area contributed by atoms with Gasteiger partial charge in [0.15, 0.2) is 0 Å². The number of nitrogens with zero attached hydrogens (tertiary/aromatic N) is 5. The van der Waals surface area contributed by atoms with E-state index in [0.29, 0.717) is 31.9 Å². The lowest BCUT2D eigenvalue weighted by molar-refractivity contribution is 0.147. The average Bonchev–Trinajstić information content (AvgIpc) is 2.72. The van der Waals surface area contributed by atoms with Crippen LogP contribution in [0.5, 0.6) is 5.88 Å². The van der Waals surface area contributed by atoms with Crippen molar-refractivity contribution in [1.29, 1.82) is 0 Å². The number of urea groups is 1. The van der Waals surface area contributed by atoms with Gasteiger partial charge in [0.25, 0.3) is 0 Å². The molecule has 31 heavy (non-hydrogen) atoms. The second kappa shape index (κ2) is 9.42. The Morgan fingerprint density at radius 3 is 2.42 bits per heavy atom. The summed E-state index contributed by atoms with van der Waals surface area (Å²) in [7, 11) is 0. The molecule has 3 rings (SSSR count). The van der Waals surface area contributed by atoms with E-state index in [4.69, 9.17) is 4.74 Å². The van der Waals surface area contributed by atoms with Crippen LogP contribution in [-0.4, -0.2) is 58.7 Å². The van der Waals surface area contributed by atoms with Crippen molar-refractivity contribution in [1.82, 2.24) is 20.2 Å². The number of pyridine rings is 2. The van der Waals surface area contributed by atoms with Crippen molar-refractivity contribution in [2.24, 2.45) is 0 Å².